The Morgan fingerprint density at radius 1 is 1.08 bits per heavy atom. The smallest absolute Gasteiger partial charge is 0.219 e. The fourth-order valence-corrected chi connectivity index (χ4v) is 3.80. The Morgan fingerprint density at radius 2 is 1.92 bits per heavy atom. The number of aromatic nitrogens is 1. The van der Waals surface area contributed by atoms with Gasteiger partial charge < -0.3 is 9.14 Å². The molecule has 130 valence electrons. The van der Waals surface area contributed by atoms with E-state index in [9.17, 15) is 4.79 Å². The maximum atomic E-state index is 13.0. The molecule has 0 atom stereocenters. The fourth-order valence-electron chi connectivity index (χ4n) is 3.13. The van der Waals surface area contributed by atoms with Crippen LogP contribution in [-0.2, 0) is 13.0 Å². The first-order valence-electron chi connectivity index (χ1n) is 8.66. The van der Waals surface area contributed by atoms with Gasteiger partial charge in [0.2, 0.25) is 5.78 Å². The lowest BCUT2D eigenvalue weighted by Crippen LogP contribution is -2.06. The quantitative estimate of drug-likeness (QED) is 0.432. The third-order valence-electron chi connectivity index (χ3n) is 4.43. The molecule has 0 bridgehead atoms. The number of ketones is 1. The van der Waals surface area contributed by atoms with Gasteiger partial charge in [-0.2, -0.15) is 0 Å². The summed E-state index contributed by atoms with van der Waals surface area (Å²) in [6, 6.07) is 19.8. The molecule has 4 aromatic rings. The van der Waals surface area contributed by atoms with E-state index in [4.69, 9.17) is 4.74 Å². The number of rotatable bonds is 6. The van der Waals surface area contributed by atoms with E-state index in [-0.39, 0.29) is 5.78 Å². The van der Waals surface area contributed by atoms with Gasteiger partial charge in [-0.3, -0.25) is 4.79 Å². The molecular weight excluding hydrogens is 342 g/mol. The van der Waals surface area contributed by atoms with Gasteiger partial charge in [0.1, 0.15) is 12.4 Å². The lowest BCUT2D eigenvalue weighted by Gasteiger charge is -2.09. The lowest BCUT2D eigenvalue weighted by molar-refractivity contribution is 0.103. The molecule has 0 amide bonds. The van der Waals surface area contributed by atoms with Crippen molar-refractivity contribution in [1.29, 1.82) is 0 Å². The second-order valence-corrected chi connectivity index (χ2v) is 7.03. The normalized spacial score (nSPS) is 11.0. The molecule has 0 fully saturated rings. The average molecular weight is 361 g/mol. The van der Waals surface area contributed by atoms with Crippen LogP contribution in [0.25, 0.3) is 5.52 Å². The van der Waals surface area contributed by atoms with Crippen molar-refractivity contribution in [3.63, 3.8) is 0 Å². The molecular formula is C22H19NO2S. The molecule has 26 heavy (non-hydrogen) atoms. The van der Waals surface area contributed by atoms with Crippen LogP contribution in [0.3, 0.4) is 0 Å². The number of aryl methyl sites for hydroxylation is 1. The van der Waals surface area contributed by atoms with Crippen LogP contribution in [0.15, 0.2) is 72.2 Å². The van der Waals surface area contributed by atoms with Crippen LogP contribution < -0.4 is 4.74 Å². The summed E-state index contributed by atoms with van der Waals surface area (Å²) in [5, 5.41) is 1.93. The predicted octanol–water partition coefficient (Wildman–Crippen LogP) is 5.37. The van der Waals surface area contributed by atoms with Gasteiger partial charge in [-0.15, -0.1) is 11.3 Å². The average Bonchev–Trinajstić information content (AvgIpc) is 3.34. The molecule has 4 rings (SSSR count). The summed E-state index contributed by atoms with van der Waals surface area (Å²) >= 11 is 1.47. The summed E-state index contributed by atoms with van der Waals surface area (Å²) in [4.78, 5) is 13.8. The number of benzene rings is 1. The van der Waals surface area contributed by atoms with Gasteiger partial charge in [0.25, 0.3) is 0 Å². The highest BCUT2D eigenvalue weighted by molar-refractivity contribution is 7.12. The van der Waals surface area contributed by atoms with Gasteiger partial charge in [0.15, 0.2) is 0 Å². The molecule has 1 aromatic carbocycles. The van der Waals surface area contributed by atoms with Gasteiger partial charge in [0.05, 0.1) is 16.1 Å². The summed E-state index contributed by atoms with van der Waals surface area (Å²) < 4.78 is 8.02. The Kier molecular flexibility index (Phi) is 4.59. The molecule has 4 heteroatoms. The molecule has 0 aliphatic carbocycles. The van der Waals surface area contributed by atoms with E-state index >= 15 is 0 Å². The zero-order valence-corrected chi connectivity index (χ0v) is 15.3. The summed E-state index contributed by atoms with van der Waals surface area (Å²) in [6.45, 7) is 2.58. The molecule has 3 heterocycles. The Morgan fingerprint density at radius 3 is 2.65 bits per heavy atom. The molecule has 0 unspecified atom stereocenters. The van der Waals surface area contributed by atoms with Crippen molar-refractivity contribution in [3.8, 4) is 5.75 Å². The topological polar surface area (TPSA) is 30.7 Å². The third kappa shape index (κ3) is 3.04. The first-order chi connectivity index (χ1) is 12.8. The zero-order chi connectivity index (χ0) is 17.9. The van der Waals surface area contributed by atoms with Gasteiger partial charge in [0, 0.05) is 6.20 Å². The van der Waals surface area contributed by atoms with Gasteiger partial charge in [-0.05, 0) is 47.2 Å². The fraction of sp³-hybridized carbons (Fsp3) is 0.136. The first-order valence-corrected chi connectivity index (χ1v) is 9.53. The number of thiophene rings is 1. The lowest BCUT2D eigenvalue weighted by atomic mass is 10.1. The van der Waals surface area contributed by atoms with E-state index in [1.54, 1.807) is 0 Å². The number of hydrogen-bond donors (Lipinski definition) is 0. The standard InChI is InChI=1S/C22H19NO2S/c1-2-17-14-18-19(25-15-16-8-4-3-5-9-16)10-6-12-23(18)21(17)22(24)20-11-7-13-26-20/h3-14H,2,15H2,1H3. The molecule has 0 spiro atoms. The van der Waals surface area contributed by atoms with Gasteiger partial charge in [-0.25, -0.2) is 0 Å². The maximum Gasteiger partial charge on any atom is 0.219 e. The van der Waals surface area contributed by atoms with Crippen LogP contribution in [0, 0.1) is 0 Å². The highest BCUT2D eigenvalue weighted by atomic mass is 32.1. The number of hydrogen-bond acceptors (Lipinski definition) is 3. The summed E-state index contributed by atoms with van der Waals surface area (Å²) in [5.74, 6) is 0.855. The Labute approximate surface area is 156 Å². The summed E-state index contributed by atoms with van der Waals surface area (Å²) in [7, 11) is 0. The van der Waals surface area contributed by atoms with E-state index < -0.39 is 0 Å². The monoisotopic (exact) mass is 361 g/mol. The molecule has 0 aliphatic heterocycles. The van der Waals surface area contributed by atoms with Crippen LogP contribution in [0.1, 0.15) is 33.4 Å². The largest absolute Gasteiger partial charge is 0.487 e. The minimum Gasteiger partial charge on any atom is -0.487 e. The molecule has 3 aromatic heterocycles. The van der Waals surface area contributed by atoms with E-state index in [1.807, 2.05) is 70.6 Å². The molecule has 3 nitrogen and oxygen atoms in total. The van der Waals surface area contributed by atoms with Crippen LogP contribution in [-0.4, -0.2) is 10.2 Å². The number of nitrogens with zero attached hydrogens (tertiary/aromatic N) is 1. The molecule has 0 radical (unpaired) electrons. The highest BCUT2D eigenvalue weighted by Gasteiger charge is 2.20. The first kappa shape index (κ1) is 16.6. The minimum atomic E-state index is 0.0667. The van der Waals surface area contributed by atoms with Crippen molar-refractivity contribution in [2.75, 3.05) is 0 Å². The minimum absolute atomic E-state index is 0.0667. The van der Waals surface area contributed by atoms with Crippen molar-refractivity contribution in [1.82, 2.24) is 4.40 Å². The van der Waals surface area contributed by atoms with Crippen LogP contribution in [0.5, 0.6) is 5.75 Å². The molecule has 0 saturated heterocycles. The number of carbonyl (C=O) groups is 1. The van der Waals surface area contributed by atoms with Crippen molar-refractivity contribution in [2.45, 2.75) is 20.0 Å². The highest BCUT2D eigenvalue weighted by Crippen LogP contribution is 2.29. The third-order valence-corrected chi connectivity index (χ3v) is 5.30. The Bertz CT molecular complexity index is 1030. The number of carbonyl (C=O) groups excluding carboxylic acids is 1. The summed E-state index contributed by atoms with van der Waals surface area (Å²) in [6.07, 6.45) is 2.73. The number of fused-ring (bicyclic) bond motifs is 1. The molecule has 0 N–H and O–H groups in total. The second-order valence-electron chi connectivity index (χ2n) is 6.08. The van der Waals surface area contributed by atoms with E-state index in [0.717, 1.165) is 39.4 Å². The predicted molar refractivity (Wildman–Crippen MR) is 105 cm³/mol. The second kappa shape index (κ2) is 7.18. The molecule has 0 aliphatic rings. The van der Waals surface area contributed by atoms with Crippen molar-refractivity contribution in [2.24, 2.45) is 0 Å². The van der Waals surface area contributed by atoms with Crippen LogP contribution >= 0.6 is 11.3 Å². The van der Waals surface area contributed by atoms with Crippen molar-refractivity contribution < 1.29 is 9.53 Å². The van der Waals surface area contributed by atoms with E-state index in [2.05, 4.69) is 13.0 Å². The maximum absolute atomic E-state index is 13.0. The summed E-state index contributed by atoms with van der Waals surface area (Å²) in [5.41, 5.74) is 3.82. The van der Waals surface area contributed by atoms with Crippen molar-refractivity contribution in [3.05, 3.63) is 93.9 Å². The van der Waals surface area contributed by atoms with Crippen molar-refractivity contribution >= 4 is 22.6 Å². The van der Waals surface area contributed by atoms with Crippen LogP contribution in [0.2, 0.25) is 0 Å². The van der Waals surface area contributed by atoms with E-state index in [1.165, 1.54) is 11.3 Å². The van der Waals surface area contributed by atoms with Gasteiger partial charge in [-0.1, -0.05) is 43.3 Å². The van der Waals surface area contributed by atoms with E-state index in [0.29, 0.717) is 6.61 Å². The van der Waals surface area contributed by atoms with Crippen LogP contribution in [0.4, 0.5) is 0 Å². The zero-order valence-electron chi connectivity index (χ0n) is 14.5. The van der Waals surface area contributed by atoms with Gasteiger partial charge >= 0.3 is 0 Å². The number of pyridine rings is 1. The molecule has 0 saturated carbocycles. The SMILES string of the molecule is CCc1cc2c(OCc3ccccc3)cccn2c1C(=O)c1cccs1. The Balaban J connectivity index is 1.74. The number of ether oxygens (including phenoxy) is 1. The Hall–Kier alpha value is -2.85.